The molecule has 0 radical (unpaired) electrons. The number of nitrogens with one attached hydrogen (secondary N) is 1. The van der Waals surface area contributed by atoms with Crippen molar-refractivity contribution in [3.8, 4) is 0 Å². The first-order chi connectivity index (χ1) is 14.5. The van der Waals surface area contributed by atoms with E-state index in [1.165, 1.54) is 11.0 Å². The first-order valence-electron chi connectivity index (χ1n) is 10.3. The zero-order valence-electron chi connectivity index (χ0n) is 17.0. The Labute approximate surface area is 176 Å². The maximum Gasteiger partial charge on any atom is 0.281 e. The smallest absolute Gasteiger partial charge is 0.281 e. The molecule has 2 heterocycles. The molecule has 3 amide bonds. The van der Waals surface area contributed by atoms with Crippen LogP contribution >= 0.6 is 0 Å². The Bertz CT molecular complexity index is 975. The van der Waals surface area contributed by atoms with Crippen LogP contribution in [-0.4, -0.2) is 35.7 Å². The number of imide groups is 1. The topological polar surface area (TPSA) is 69.7 Å². The van der Waals surface area contributed by atoms with Gasteiger partial charge in [-0.1, -0.05) is 37.3 Å². The largest absolute Gasteiger partial charge is 0.367 e. The molecule has 2 aromatic carbocycles. The van der Waals surface area contributed by atoms with Crippen molar-refractivity contribution in [1.82, 2.24) is 10.2 Å². The third-order valence-corrected chi connectivity index (χ3v) is 5.71. The van der Waals surface area contributed by atoms with Gasteiger partial charge in [0, 0.05) is 31.3 Å². The fourth-order valence-electron chi connectivity index (χ4n) is 3.82. The summed E-state index contributed by atoms with van der Waals surface area (Å²) < 4.78 is 0. The van der Waals surface area contributed by atoms with Crippen molar-refractivity contribution in [3.05, 3.63) is 77.5 Å². The molecule has 0 bridgehead atoms. The summed E-state index contributed by atoms with van der Waals surface area (Å²) in [6, 6.07) is 16.2. The summed E-state index contributed by atoms with van der Waals surface area (Å²) in [5.41, 5.74) is 2.44. The molecule has 0 aliphatic carbocycles. The van der Waals surface area contributed by atoms with Crippen LogP contribution in [0.25, 0.3) is 0 Å². The van der Waals surface area contributed by atoms with E-state index < -0.39 is 0 Å². The molecular weight excluding hydrogens is 378 g/mol. The Morgan fingerprint density at radius 2 is 1.67 bits per heavy atom. The number of hydrogen-bond donors (Lipinski definition) is 1. The molecule has 2 aromatic rings. The zero-order chi connectivity index (χ0) is 21.1. The van der Waals surface area contributed by atoms with Crippen LogP contribution in [0.5, 0.6) is 0 Å². The summed E-state index contributed by atoms with van der Waals surface area (Å²) in [5, 5.41) is 2.87. The van der Waals surface area contributed by atoms with Crippen LogP contribution in [0.1, 0.15) is 35.7 Å². The van der Waals surface area contributed by atoms with Crippen LogP contribution in [-0.2, 0) is 16.1 Å². The number of benzene rings is 2. The molecule has 0 saturated carbocycles. The van der Waals surface area contributed by atoms with Gasteiger partial charge in [-0.25, -0.2) is 4.90 Å². The summed E-state index contributed by atoms with van der Waals surface area (Å²) in [6.07, 6.45) is 3.47. The van der Waals surface area contributed by atoms with Gasteiger partial charge in [-0.15, -0.1) is 0 Å². The van der Waals surface area contributed by atoms with Gasteiger partial charge in [0.15, 0.2) is 0 Å². The number of hydrogen-bond acceptors (Lipinski definition) is 4. The lowest BCUT2D eigenvalue weighted by atomic mass is 9.99. The average Bonchev–Trinajstić information content (AvgIpc) is 3.07. The molecular formula is C24H25N3O3. The second-order valence-corrected chi connectivity index (χ2v) is 7.89. The fraction of sp³-hybridized carbons (Fsp3) is 0.292. The van der Waals surface area contributed by atoms with Gasteiger partial charge in [0.05, 0.1) is 5.69 Å². The number of rotatable bonds is 5. The highest BCUT2D eigenvalue weighted by molar-refractivity contribution is 6.30. The van der Waals surface area contributed by atoms with E-state index in [9.17, 15) is 14.4 Å². The molecule has 0 atom stereocenters. The maximum absolute atomic E-state index is 12.9. The third kappa shape index (κ3) is 4.13. The minimum atomic E-state index is -0.338. The lowest BCUT2D eigenvalue weighted by Gasteiger charge is -2.32. The van der Waals surface area contributed by atoms with Crippen LogP contribution in [0.15, 0.2) is 66.4 Å². The molecule has 6 nitrogen and oxygen atoms in total. The minimum absolute atomic E-state index is 0.203. The summed E-state index contributed by atoms with van der Waals surface area (Å²) >= 11 is 0. The summed E-state index contributed by atoms with van der Waals surface area (Å²) in [6.45, 7) is 4.23. The molecule has 4 rings (SSSR count). The Hall–Kier alpha value is -3.41. The van der Waals surface area contributed by atoms with Gasteiger partial charge in [0.1, 0.15) is 5.70 Å². The minimum Gasteiger partial charge on any atom is -0.367 e. The molecule has 0 aromatic heterocycles. The quantitative estimate of drug-likeness (QED) is 0.779. The zero-order valence-corrected chi connectivity index (χ0v) is 17.0. The van der Waals surface area contributed by atoms with E-state index in [0.29, 0.717) is 29.4 Å². The highest BCUT2D eigenvalue weighted by Crippen LogP contribution is 2.27. The maximum atomic E-state index is 12.9. The predicted octanol–water partition coefficient (Wildman–Crippen LogP) is 3.11. The second-order valence-electron chi connectivity index (χ2n) is 7.89. The molecule has 1 fully saturated rings. The van der Waals surface area contributed by atoms with Crippen LogP contribution < -0.4 is 10.2 Å². The van der Waals surface area contributed by atoms with Crippen molar-refractivity contribution < 1.29 is 14.4 Å². The van der Waals surface area contributed by atoms with E-state index >= 15 is 0 Å². The highest BCUT2D eigenvalue weighted by atomic mass is 16.2. The van der Waals surface area contributed by atoms with Crippen LogP contribution in [0, 0.1) is 5.92 Å². The normalized spacial score (nSPS) is 17.3. The van der Waals surface area contributed by atoms with E-state index in [1.54, 1.807) is 24.3 Å². The van der Waals surface area contributed by atoms with Gasteiger partial charge >= 0.3 is 0 Å². The summed E-state index contributed by atoms with van der Waals surface area (Å²) in [7, 11) is 0. The fourth-order valence-corrected chi connectivity index (χ4v) is 3.82. The Kier molecular flexibility index (Phi) is 5.65. The van der Waals surface area contributed by atoms with E-state index in [4.69, 9.17) is 0 Å². The first-order valence-corrected chi connectivity index (χ1v) is 10.3. The van der Waals surface area contributed by atoms with Gasteiger partial charge in [0.2, 0.25) is 0 Å². The van der Waals surface area contributed by atoms with Gasteiger partial charge in [-0.05, 0) is 48.6 Å². The Balaban J connectivity index is 1.41. The number of carbonyl (C=O) groups is 3. The lowest BCUT2D eigenvalue weighted by molar-refractivity contribution is -0.121. The molecule has 0 unspecified atom stereocenters. The third-order valence-electron chi connectivity index (χ3n) is 5.71. The predicted molar refractivity (Wildman–Crippen MR) is 115 cm³/mol. The standard InChI is InChI=1S/C24H25N3O3/c1-17-11-13-26(14-12-17)21-15-22(28)27(24(21)30)20-9-7-19(8-10-20)23(29)25-16-18-5-3-2-4-6-18/h2-10,15,17H,11-14,16H2,1H3,(H,25,29). The van der Waals surface area contributed by atoms with E-state index in [0.717, 1.165) is 31.5 Å². The van der Waals surface area contributed by atoms with Gasteiger partial charge in [0.25, 0.3) is 17.7 Å². The van der Waals surface area contributed by atoms with Crippen molar-refractivity contribution in [2.24, 2.45) is 5.92 Å². The molecule has 2 aliphatic rings. The summed E-state index contributed by atoms with van der Waals surface area (Å²) in [5.74, 6) is -0.192. The molecule has 6 heteroatoms. The molecule has 0 spiro atoms. The monoisotopic (exact) mass is 403 g/mol. The first kappa shape index (κ1) is 19.9. The Morgan fingerprint density at radius 3 is 2.33 bits per heavy atom. The number of nitrogens with zero attached hydrogens (tertiary/aromatic N) is 2. The molecule has 1 N–H and O–H groups in total. The van der Waals surface area contributed by atoms with Gasteiger partial charge in [-0.2, -0.15) is 0 Å². The van der Waals surface area contributed by atoms with Gasteiger partial charge < -0.3 is 10.2 Å². The average molecular weight is 403 g/mol. The number of piperidine rings is 1. The van der Waals surface area contributed by atoms with E-state index in [2.05, 4.69) is 12.2 Å². The van der Waals surface area contributed by atoms with E-state index in [1.807, 2.05) is 35.2 Å². The molecule has 1 saturated heterocycles. The van der Waals surface area contributed by atoms with Crippen LogP contribution in [0.3, 0.4) is 0 Å². The van der Waals surface area contributed by atoms with Crippen molar-refractivity contribution >= 4 is 23.4 Å². The SMILES string of the molecule is CC1CCN(C2=CC(=O)N(c3ccc(C(=O)NCc4ccccc4)cc3)C2=O)CC1. The number of anilines is 1. The van der Waals surface area contributed by atoms with E-state index in [-0.39, 0.29) is 17.7 Å². The van der Waals surface area contributed by atoms with Crippen molar-refractivity contribution in [2.45, 2.75) is 26.3 Å². The molecule has 30 heavy (non-hydrogen) atoms. The number of amides is 3. The second kappa shape index (κ2) is 8.53. The lowest BCUT2D eigenvalue weighted by Crippen LogP contribution is -2.38. The highest BCUT2D eigenvalue weighted by Gasteiger charge is 2.36. The van der Waals surface area contributed by atoms with Crippen molar-refractivity contribution in [1.29, 1.82) is 0 Å². The number of likely N-dealkylation sites (tertiary alicyclic amines) is 1. The van der Waals surface area contributed by atoms with Crippen LogP contribution in [0.2, 0.25) is 0 Å². The van der Waals surface area contributed by atoms with Crippen molar-refractivity contribution in [2.75, 3.05) is 18.0 Å². The Morgan fingerprint density at radius 1 is 1.00 bits per heavy atom. The summed E-state index contributed by atoms with van der Waals surface area (Å²) in [4.78, 5) is 41.0. The van der Waals surface area contributed by atoms with Gasteiger partial charge in [-0.3, -0.25) is 14.4 Å². The molecule has 2 aliphatic heterocycles. The van der Waals surface area contributed by atoms with Crippen LogP contribution in [0.4, 0.5) is 5.69 Å². The molecule has 154 valence electrons. The number of carbonyl (C=O) groups excluding carboxylic acids is 3. The van der Waals surface area contributed by atoms with Crippen molar-refractivity contribution in [3.63, 3.8) is 0 Å².